The second-order valence-corrected chi connectivity index (χ2v) is 6.33. The summed E-state index contributed by atoms with van der Waals surface area (Å²) < 4.78 is 4.97. The van der Waals surface area contributed by atoms with Gasteiger partial charge in [-0.1, -0.05) is 23.2 Å². The molecule has 9 heteroatoms. The molecule has 0 bridgehead atoms. The molecule has 1 aromatic rings. The van der Waals surface area contributed by atoms with E-state index >= 15 is 0 Å². The first kappa shape index (κ1) is 19.0. The van der Waals surface area contributed by atoms with Gasteiger partial charge in [-0.2, -0.15) is 0 Å². The summed E-state index contributed by atoms with van der Waals surface area (Å²) in [7, 11) is 0. The van der Waals surface area contributed by atoms with Gasteiger partial charge < -0.3 is 10.1 Å². The normalized spacial score (nSPS) is 16.2. The number of Topliss-reactive ketones (excluding diaryl/α,β-unsaturated/α-hetero) is 1. The average Bonchev–Trinajstić information content (AvgIpc) is 2.71. The lowest BCUT2D eigenvalue weighted by Crippen LogP contribution is -2.30. The van der Waals surface area contributed by atoms with Crippen molar-refractivity contribution in [2.45, 2.75) is 26.9 Å². The summed E-state index contributed by atoms with van der Waals surface area (Å²) in [6.45, 7) is 4.29. The summed E-state index contributed by atoms with van der Waals surface area (Å²) in [6.07, 6.45) is -0.502. The maximum atomic E-state index is 12.6. The van der Waals surface area contributed by atoms with Crippen LogP contribution in [0.3, 0.4) is 0 Å². The number of amides is 3. The first-order chi connectivity index (χ1) is 11.6. The number of ether oxygens (including phenoxy) is 1. The minimum absolute atomic E-state index is 0.107. The number of halogens is 2. The molecule has 1 fully saturated rings. The van der Waals surface area contributed by atoms with Gasteiger partial charge in [0.05, 0.1) is 11.8 Å². The summed E-state index contributed by atoms with van der Waals surface area (Å²) in [6, 6.07) is 3.30. The lowest BCUT2D eigenvalue weighted by atomic mass is 10.1. The molecule has 1 saturated heterocycles. The largest absolute Gasteiger partial charge is 0.459 e. The first-order valence-electron chi connectivity index (χ1n) is 7.19. The zero-order valence-corrected chi connectivity index (χ0v) is 15.1. The molecule has 0 saturated carbocycles. The number of rotatable bonds is 4. The van der Waals surface area contributed by atoms with Crippen molar-refractivity contribution in [1.29, 1.82) is 0 Å². The highest BCUT2D eigenvalue weighted by molar-refractivity contribution is 6.37. The van der Waals surface area contributed by atoms with Gasteiger partial charge in [-0.05, 0) is 39.0 Å². The van der Waals surface area contributed by atoms with E-state index in [1.54, 1.807) is 13.8 Å². The Labute approximate surface area is 153 Å². The summed E-state index contributed by atoms with van der Waals surface area (Å²) in [4.78, 5) is 49.5. The number of hydrogen-bond acceptors (Lipinski definition) is 5. The van der Waals surface area contributed by atoms with E-state index < -0.39 is 41.1 Å². The van der Waals surface area contributed by atoms with Gasteiger partial charge in [-0.25, -0.2) is 14.5 Å². The topological polar surface area (TPSA) is 92.8 Å². The van der Waals surface area contributed by atoms with Crippen LogP contribution in [0.4, 0.5) is 10.5 Å². The monoisotopic (exact) mass is 384 g/mol. The Hall–Kier alpha value is -2.38. The highest BCUT2D eigenvalue weighted by Crippen LogP contribution is 2.29. The highest BCUT2D eigenvalue weighted by Gasteiger charge is 2.40. The van der Waals surface area contributed by atoms with E-state index in [9.17, 15) is 19.2 Å². The molecule has 132 valence electrons. The quantitative estimate of drug-likeness (QED) is 0.283. The van der Waals surface area contributed by atoms with Crippen molar-refractivity contribution in [1.82, 2.24) is 5.32 Å². The number of carbonyl (C=O) groups is 4. The summed E-state index contributed by atoms with van der Waals surface area (Å²) >= 11 is 11.8. The Kier molecular flexibility index (Phi) is 5.49. The number of nitrogens with zero attached hydrogens (tertiary/aromatic N) is 1. The highest BCUT2D eigenvalue weighted by atomic mass is 35.5. The van der Waals surface area contributed by atoms with Crippen LogP contribution in [0, 0.1) is 0 Å². The minimum atomic E-state index is -0.989. The molecule has 1 aliphatic rings. The number of carbonyl (C=O) groups excluding carboxylic acids is 4. The second kappa shape index (κ2) is 7.25. The molecule has 3 amide bonds. The molecular formula is C16H14Cl2N2O5. The van der Waals surface area contributed by atoms with Crippen molar-refractivity contribution in [3.05, 3.63) is 39.5 Å². The van der Waals surface area contributed by atoms with E-state index in [-0.39, 0.29) is 15.7 Å². The third-order valence-corrected chi connectivity index (χ3v) is 3.54. The van der Waals surface area contributed by atoms with Crippen molar-refractivity contribution >= 4 is 52.6 Å². The smallest absolute Gasteiger partial charge is 0.344 e. The van der Waals surface area contributed by atoms with Crippen molar-refractivity contribution in [3.8, 4) is 0 Å². The van der Waals surface area contributed by atoms with E-state index in [0.717, 1.165) is 11.8 Å². The van der Waals surface area contributed by atoms with E-state index in [2.05, 4.69) is 5.32 Å². The Morgan fingerprint density at radius 3 is 2.16 bits per heavy atom. The molecule has 1 heterocycles. The number of nitrogens with one attached hydrogen (secondary N) is 1. The van der Waals surface area contributed by atoms with Crippen molar-refractivity contribution < 1.29 is 23.9 Å². The third kappa shape index (κ3) is 4.00. The fourth-order valence-corrected chi connectivity index (χ4v) is 2.70. The molecule has 1 N–H and O–H groups in total. The number of anilines is 1. The maximum Gasteiger partial charge on any atom is 0.344 e. The Balaban J connectivity index is 2.51. The standard InChI is InChI=1S/C16H14Cl2N2O5/c1-7(2)25-15(23)12(8(3)21)13-14(22)20(16(24)19-13)11-5-9(17)4-10(18)6-11/h4-7H,1-3H3,(H,19,24). The molecule has 1 aliphatic heterocycles. The van der Waals surface area contributed by atoms with E-state index in [4.69, 9.17) is 27.9 Å². The van der Waals surface area contributed by atoms with Crippen LogP contribution < -0.4 is 10.2 Å². The van der Waals surface area contributed by atoms with Crippen LogP contribution >= 0.6 is 23.2 Å². The fourth-order valence-electron chi connectivity index (χ4n) is 2.19. The zero-order chi connectivity index (χ0) is 18.9. The number of esters is 1. The second-order valence-electron chi connectivity index (χ2n) is 5.46. The maximum absolute atomic E-state index is 12.6. The summed E-state index contributed by atoms with van der Waals surface area (Å²) in [5, 5.41) is 2.66. The van der Waals surface area contributed by atoms with Crippen LogP contribution in [-0.2, 0) is 19.1 Å². The summed E-state index contributed by atoms with van der Waals surface area (Å²) in [5.74, 6) is -2.58. The van der Waals surface area contributed by atoms with Crippen LogP contribution in [0.15, 0.2) is 29.5 Å². The molecule has 0 aromatic heterocycles. The van der Waals surface area contributed by atoms with E-state index in [0.29, 0.717) is 0 Å². The number of benzene rings is 1. The van der Waals surface area contributed by atoms with Gasteiger partial charge in [-0.15, -0.1) is 0 Å². The van der Waals surface area contributed by atoms with Crippen molar-refractivity contribution in [3.63, 3.8) is 0 Å². The number of urea groups is 1. The zero-order valence-electron chi connectivity index (χ0n) is 13.6. The Bertz CT molecular complexity index is 796. The Morgan fingerprint density at radius 1 is 1.12 bits per heavy atom. The average molecular weight is 385 g/mol. The number of ketones is 1. The fraction of sp³-hybridized carbons (Fsp3) is 0.250. The van der Waals surface area contributed by atoms with Crippen LogP contribution in [0.5, 0.6) is 0 Å². The molecular weight excluding hydrogens is 371 g/mol. The number of imide groups is 1. The van der Waals surface area contributed by atoms with Crippen LogP contribution in [0.25, 0.3) is 0 Å². The molecule has 0 aliphatic carbocycles. The molecule has 0 spiro atoms. The van der Waals surface area contributed by atoms with E-state index in [1.807, 2.05) is 0 Å². The van der Waals surface area contributed by atoms with Crippen LogP contribution in [0.2, 0.25) is 10.0 Å². The van der Waals surface area contributed by atoms with Gasteiger partial charge in [0.15, 0.2) is 5.78 Å². The predicted octanol–water partition coefficient (Wildman–Crippen LogP) is 2.84. The first-order valence-corrected chi connectivity index (χ1v) is 7.95. The molecule has 0 atom stereocenters. The van der Waals surface area contributed by atoms with Gasteiger partial charge >= 0.3 is 12.0 Å². The van der Waals surface area contributed by atoms with Crippen LogP contribution in [-0.4, -0.2) is 29.8 Å². The minimum Gasteiger partial charge on any atom is -0.459 e. The SMILES string of the molecule is CC(=O)C(C(=O)OC(C)C)=C1NC(=O)N(c2cc(Cl)cc(Cl)c2)C1=O. The molecule has 2 rings (SSSR count). The van der Waals surface area contributed by atoms with Gasteiger partial charge in [0, 0.05) is 10.0 Å². The van der Waals surface area contributed by atoms with Crippen molar-refractivity contribution in [2.24, 2.45) is 0 Å². The number of hydrogen-bond donors (Lipinski definition) is 1. The lowest BCUT2D eigenvalue weighted by molar-refractivity contribution is -0.144. The Morgan fingerprint density at radius 2 is 1.68 bits per heavy atom. The van der Waals surface area contributed by atoms with Gasteiger partial charge in [0.1, 0.15) is 11.3 Å². The summed E-state index contributed by atoms with van der Waals surface area (Å²) in [5.41, 5.74) is -0.864. The van der Waals surface area contributed by atoms with E-state index in [1.165, 1.54) is 18.2 Å². The third-order valence-electron chi connectivity index (χ3n) is 3.11. The van der Waals surface area contributed by atoms with Gasteiger partial charge in [0.25, 0.3) is 5.91 Å². The molecule has 1 aromatic carbocycles. The van der Waals surface area contributed by atoms with Gasteiger partial charge in [-0.3, -0.25) is 9.59 Å². The molecule has 7 nitrogen and oxygen atoms in total. The molecule has 0 unspecified atom stereocenters. The molecule has 25 heavy (non-hydrogen) atoms. The molecule has 0 radical (unpaired) electrons. The predicted molar refractivity (Wildman–Crippen MR) is 91.4 cm³/mol. The van der Waals surface area contributed by atoms with Crippen LogP contribution in [0.1, 0.15) is 20.8 Å². The van der Waals surface area contributed by atoms with Gasteiger partial charge in [0.2, 0.25) is 0 Å². The lowest BCUT2D eigenvalue weighted by Gasteiger charge is -2.13. The van der Waals surface area contributed by atoms with Crippen molar-refractivity contribution in [2.75, 3.05) is 4.90 Å².